The third kappa shape index (κ3) is 57.6. The molecule has 0 spiro atoms. The highest BCUT2D eigenvalue weighted by Gasteiger charge is 2.19. The van der Waals surface area contributed by atoms with Crippen LogP contribution in [0.2, 0.25) is 0 Å². The zero-order valence-corrected chi connectivity index (χ0v) is 47.0. The van der Waals surface area contributed by atoms with Gasteiger partial charge in [0, 0.05) is 12.8 Å². The van der Waals surface area contributed by atoms with Gasteiger partial charge in [0.15, 0.2) is 6.10 Å². The highest BCUT2D eigenvalue weighted by atomic mass is 16.6. The fourth-order valence-corrected chi connectivity index (χ4v) is 8.69. The second-order valence-electron chi connectivity index (χ2n) is 20.3. The average molecular weight is 992 g/mol. The quantitative estimate of drug-likeness (QED) is 0.0261. The largest absolute Gasteiger partial charge is 0.462 e. The van der Waals surface area contributed by atoms with Crippen molar-refractivity contribution in [3.63, 3.8) is 0 Å². The summed E-state index contributed by atoms with van der Waals surface area (Å²) >= 11 is 0. The Bertz CT molecular complexity index is 1320. The lowest BCUT2D eigenvalue weighted by atomic mass is 10.0. The Balaban J connectivity index is 4.25. The van der Waals surface area contributed by atoms with Crippen molar-refractivity contribution in [3.8, 4) is 0 Å². The first kappa shape index (κ1) is 67.8. The summed E-state index contributed by atoms with van der Waals surface area (Å²) in [7, 11) is 0. The van der Waals surface area contributed by atoms with Gasteiger partial charge in [0.05, 0.1) is 6.42 Å². The number of allylic oxidation sites excluding steroid dienone is 11. The van der Waals surface area contributed by atoms with E-state index in [2.05, 4.69) is 81.5 Å². The van der Waals surface area contributed by atoms with Crippen molar-refractivity contribution in [2.75, 3.05) is 13.2 Å². The van der Waals surface area contributed by atoms with Gasteiger partial charge in [-0.15, -0.1) is 0 Å². The molecule has 0 aliphatic carbocycles. The molecule has 6 nitrogen and oxygen atoms in total. The van der Waals surface area contributed by atoms with E-state index >= 15 is 0 Å². The van der Waals surface area contributed by atoms with E-state index in [1.807, 2.05) is 6.08 Å². The first-order valence-corrected chi connectivity index (χ1v) is 30.4. The lowest BCUT2D eigenvalue weighted by molar-refractivity contribution is -0.166. The molecule has 0 fully saturated rings. The molecular weight excluding hydrogens is 877 g/mol. The van der Waals surface area contributed by atoms with Crippen LogP contribution >= 0.6 is 0 Å². The fourth-order valence-electron chi connectivity index (χ4n) is 8.69. The molecule has 0 bridgehead atoms. The maximum atomic E-state index is 12.8. The molecule has 1 unspecified atom stereocenters. The van der Waals surface area contributed by atoms with Gasteiger partial charge in [-0.25, -0.2) is 0 Å². The van der Waals surface area contributed by atoms with Crippen LogP contribution in [-0.2, 0) is 28.6 Å². The van der Waals surface area contributed by atoms with E-state index in [0.29, 0.717) is 12.8 Å². The van der Waals surface area contributed by atoms with Crippen LogP contribution in [-0.4, -0.2) is 37.2 Å². The van der Waals surface area contributed by atoms with E-state index in [4.69, 9.17) is 14.2 Å². The topological polar surface area (TPSA) is 78.9 Å². The Hall–Kier alpha value is -3.15. The molecule has 0 amide bonds. The van der Waals surface area contributed by atoms with Crippen LogP contribution in [0.25, 0.3) is 0 Å². The molecule has 410 valence electrons. The van der Waals surface area contributed by atoms with E-state index < -0.39 is 12.1 Å². The van der Waals surface area contributed by atoms with Gasteiger partial charge in [-0.3, -0.25) is 14.4 Å². The Morgan fingerprint density at radius 3 is 0.915 bits per heavy atom. The number of esters is 3. The van der Waals surface area contributed by atoms with Gasteiger partial charge in [0.25, 0.3) is 0 Å². The summed E-state index contributed by atoms with van der Waals surface area (Å²) in [6.45, 7) is 6.46. The highest BCUT2D eigenvalue weighted by Crippen LogP contribution is 2.16. The van der Waals surface area contributed by atoms with Gasteiger partial charge < -0.3 is 14.2 Å². The number of ether oxygens (including phenoxy) is 3. The number of unbranched alkanes of at least 4 members (excludes halogenated alkanes) is 33. The van der Waals surface area contributed by atoms with Crippen LogP contribution < -0.4 is 0 Å². The maximum absolute atomic E-state index is 12.8. The maximum Gasteiger partial charge on any atom is 0.310 e. The molecule has 0 aromatic carbocycles. The molecule has 6 heteroatoms. The molecule has 0 saturated carbocycles. The minimum atomic E-state index is -0.827. The molecule has 0 aliphatic rings. The van der Waals surface area contributed by atoms with E-state index in [9.17, 15) is 14.4 Å². The number of rotatable bonds is 55. The van der Waals surface area contributed by atoms with Crippen LogP contribution in [0.5, 0.6) is 0 Å². The Kier molecular flexibility index (Phi) is 56.8. The van der Waals surface area contributed by atoms with Crippen molar-refractivity contribution in [1.29, 1.82) is 0 Å². The summed E-state index contributed by atoms with van der Waals surface area (Å²) in [5.41, 5.74) is 0. The van der Waals surface area contributed by atoms with Crippen molar-refractivity contribution in [1.82, 2.24) is 0 Å². The standard InChI is InChI=1S/C65H114O6/c1-4-7-10-13-16-19-22-24-26-27-28-29-30-31-32-33-34-35-36-37-39-40-43-46-49-52-55-58-64(67)70-61-62(60-69-63(66)57-54-51-48-45-42-21-18-15-12-9-6-3)71-65(68)59-56-53-50-47-44-41-38-25-23-20-17-14-11-8-5-2/h8,11,17,20,25,27-28,38,44,47,53,56,62H,4-7,9-10,12-16,18-19,21-24,26,29-37,39-43,45-46,48-52,54-55,57-61H2,1-3H3/b11-8-,20-17-,28-27-,38-25-,47-44-,56-53-. The third-order valence-electron chi connectivity index (χ3n) is 13.2. The van der Waals surface area contributed by atoms with Crippen molar-refractivity contribution >= 4 is 17.9 Å². The summed E-state index contributed by atoms with van der Waals surface area (Å²) in [5, 5.41) is 0. The van der Waals surface area contributed by atoms with Gasteiger partial charge in [-0.2, -0.15) is 0 Å². The zero-order valence-electron chi connectivity index (χ0n) is 47.0. The molecule has 0 N–H and O–H groups in total. The fraction of sp³-hybridized carbons (Fsp3) is 0.769. The zero-order chi connectivity index (χ0) is 51.4. The lowest BCUT2D eigenvalue weighted by Gasteiger charge is -2.18. The average Bonchev–Trinajstić information content (AvgIpc) is 3.37. The van der Waals surface area contributed by atoms with Gasteiger partial charge in [-0.05, 0) is 70.6 Å². The second kappa shape index (κ2) is 59.4. The highest BCUT2D eigenvalue weighted by molar-refractivity contribution is 5.72. The van der Waals surface area contributed by atoms with Crippen LogP contribution in [0.3, 0.4) is 0 Å². The number of carbonyl (C=O) groups excluding carboxylic acids is 3. The number of hydrogen-bond donors (Lipinski definition) is 0. The van der Waals surface area contributed by atoms with E-state index in [1.165, 1.54) is 193 Å². The van der Waals surface area contributed by atoms with Gasteiger partial charge in [0.2, 0.25) is 0 Å². The normalized spacial score (nSPS) is 12.5. The van der Waals surface area contributed by atoms with Crippen molar-refractivity contribution < 1.29 is 28.6 Å². The molecule has 0 heterocycles. The Labute approximate surface area is 440 Å². The molecule has 1 atom stereocenters. The molecule has 0 radical (unpaired) electrons. The van der Waals surface area contributed by atoms with E-state index in [-0.39, 0.29) is 31.6 Å². The number of hydrogen-bond acceptors (Lipinski definition) is 6. The van der Waals surface area contributed by atoms with Crippen LogP contribution in [0.1, 0.15) is 303 Å². The first-order chi connectivity index (χ1) is 35.0. The predicted molar refractivity (Wildman–Crippen MR) is 307 cm³/mol. The van der Waals surface area contributed by atoms with Crippen LogP contribution in [0.4, 0.5) is 0 Å². The minimum Gasteiger partial charge on any atom is -0.462 e. The van der Waals surface area contributed by atoms with Gasteiger partial charge in [0.1, 0.15) is 13.2 Å². The molecular formula is C65H114O6. The van der Waals surface area contributed by atoms with E-state index in [0.717, 1.165) is 70.6 Å². The van der Waals surface area contributed by atoms with Gasteiger partial charge in [-0.1, -0.05) is 286 Å². The van der Waals surface area contributed by atoms with Crippen molar-refractivity contribution in [3.05, 3.63) is 72.9 Å². The second-order valence-corrected chi connectivity index (χ2v) is 20.3. The lowest BCUT2D eigenvalue weighted by Crippen LogP contribution is -2.30. The van der Waals surface area contributed by atoms with E-state index in [1.54, 1.807) is 6.08 Å². The van der Waals surface area contributed by atoms with Crippen LogP contribution in [0.15, 0.2) is 72.9 Å². The first-order valence-electron chi connectivity index (χ1n) is 30.4. The summed E-state index contributed by atoms with van der Waals surface area (Å²) in [6, 6.07) is 0. The molecule has 0 aliphatic heterocycles. The molecule has 0 aromatic rings. The SMILES string of the molecule is CC/C=C\C/C=C\C/C=C\C/C=C\C/C=C\CC(=O)OC(COC(=O)CCCCCCCCCCCCC)COC(=O)CCCCCCCCCCCCCCCCC/C=C\CCCCCCCCCC. The van der Waals surface area contributed by atoms with Gasteiger partial charge >= 0.3 is 17.9 Å². The predicted octanol–water partition coefficient (Wildman–Crippen LogP) is 20.5. The third-order valence-corrected chi connectivity index (χ3v) is 13.2. The minimum absolute atomic E-state index is 0.0999. The van der Waals surface area contributed by atoms with Crippen LogP contribution in [0, 0.1) is 0 Å². The van der Waals surface area contributed by atoms with Crippen molar-refractivity contribution in [2.45, 2.75) is 309 Å². The molecule has 0 saturated heterocycles. The molecule has 71 heavy (non-hydrogen) atoms. The number of carbonyl (C=O) groups is 3. The summed E-state index contributed by atoms with van der Waals surface area (Å²) in [6.07, 6.45) is 76.6. The summed E-state index contributed by atoms with van der Waals surface area (Å²) in [5.74, 6) is -1.03. The molecule has 0 rings (SSSR count). The molecule has 0 aromatic heterocycles. The Morgan fingerprint density at radius 2 is 0.592 bits per heavy atom. The Morgan fingerprint density at radius 1 is 0.310 bits per heavy atom. The van der Waals surface area contributed by atoms with Crippen molar-refractivity contribution in [2.24, 2.45) is 0 Å². The summed E-state index contributed by atoms with van der Waals surface area (Å²) < 4.78 is 16.7. The summed E-state index contributed by atoms with van der Waals surface area (Å²) in [4.78, 5) is 38.0. The monoisotopic (exact) mass is 991 g/mol. The smallest absolute Gasteiger partial charge is 0.310 e.